The second kappa shape index (κ2) is 9.05. The molecule has 2 N–H and O–H groups in total. The van der Waals surface area contributed by atoms with Crippen LogP contribution >= 0.6 is 11.6 Å². The third-order valence-electron chi connectivity index (χ3n) is 4.17. The van der Waals surface area contributed by atoms with E-state index in [4.69, 9.17) is 20.9 Å². The van der Waals surface area contributed by atoms with Gasteiger partial charge in [0.15, 0.2) is 0 Å². The molecule has 3 aromatic rings. The van der Waals surface area contributed by atoms with Crippen LogP contribution < -0.4 is 20.3 Å². The molecular formula is C21H22ClN5O4. The Hall–Kier alpha value is -3.59. The molecule has 9 nitrogen and oxygen atoms in total. The van der Waals surface area contributed by atoms with Crippen molar-refractivity contribution in [3.63, 3.8) is 0 Å². The SMILES string of the molecule is CN(C=O)c1cc(Oc2ccc(NC(=O)Nc3cc(C(C)(C)C)no3)cc2Cl)ccn1. The lowest BCUT2D eigenvalue weighted by Gasteiger charge is -2.13. The van der Waals surface area contributed by atoms with Crippen molar-refractivity contribution in [2.24, 2.45) is 0 Å². The molecule has 31 heavy (non-hydrogen) atoms. The zero-order valence-corrected chi connectivity index (χ0v) is 18.2. The van der Waals surface area contributed by atoms with Gasteiger partial charge in [0.1, 0.15) is 17.3 Å². The highest BCUT2D eigenvalue weighted by Crippen LogP contribution is 2.32. The predicted molar refractivity (Wildman–Crippen MR) is 118 cm³/mol. The molecule has 2 heterocycles. The van der Waals surface area contributed by atoms with E-state index in [9.17, 15) is 9.59 Å². The van der Waals surface area contributed by atoms with Crippen LogP contribution in [0.4, 0.5) is 22.2 Å². The Labute approximate surface area is 184 Å². The molecule has 0 spiro atoms. The maximum absolute atomic E-state index is 12.2. The number of carbonyl (C=O) groups excluding carboxylic acids is 2. The lowest BCUT2D eigenvalue weighted by molar-refractivity contribution is -0.107. The van der Waals surface area contributed by atoms with Crippen molar-refractivity contribution < 1.29 is 18.8 Å². The zero-order valence-electron chi connectivity index (χ0n) is 17.5. The van der Waals surface area contributed by atoms with Crippen molar-refractivity contribution in [3.8, 4) is 11.5 Å². The van der Waals surface area contributed by atoms with Crippen LogP contribution in [0.15, 0.2) is 47.1 Å². The Balaban J connectivity index is 1.65. The van der Waals surface area contributed by atoms with Gasteiger partial charge in [0.25, 0.3) is 0 Å². The van der Waals surface area contributed by atoms with Crippen molar-refractivity contribution in [2.75, 3.05) is 22.6 Å². The Morgan fingerprint density at radius 3 is 2.61 bits per heavy atom. The van der Waals surface area contributed by atoms with Crippen molar-refractivity contribution in [1.82, 2.24) is 10.1 Å². The van der Waals surface area contributed by atoms with E-state index in [0.29, 0.717) is 29.4 Å². The maximum Gasteiger partial charge on any atom is 0.326 e. The van der Waals surface area contributed by atoms with Gasteiger partial charge in [-0.2, -0.15) is 0 Å². The van der Waals surface area contributed by atoms with Gasteiger partial charge in [-0.15, -0.1) is 0 Å². The summed E-state index contributed by atoms with van der Waals surface area (Å²) in [6.07, 6.45) is 2.17. The minimum Gasteiger partial charge on any atom is -0.456 e. The monoisotopic (exact) mass is 443 g/mol. The number of amides is 3. The molecule has 0 saturated heterocycles. The minimum atomic E-state index is -0.503. The maximum atomic E-state index is 12.2. The van der Waals surface area contributed by atoms with Gasteiger partial charge in [-0.1, -0.05) is 37.5 Å². The first-order valence-corrected chi connectivity index (χ1v) is 9.70. The van der Waals surface area contributed by atoms with Crippen LogP contribution in [0.2, 0.25) is 5.02 Å². The van der Waals surface area contributed by atoms with Gasteiger partial charge >= 0.3 is 6.03 Å². The van der Waals surface area contributed by atoms with Crippen LogP contribution in [0.3, 0.4) is 0 Å². The van der Waals surface area contributed by atoms with Gasteiger partial charge in [0.2, 0.25) is 12.3 Å². The van der Waals surface area contributed by atoms with Crippen LogP contribution in [0.1, 0.15) is 26.5 Å². The molecule has 2 aromatic heterocycles. The van der Waals surface area contributed by atoms with Crippen LogP contribution in [0, 0.1) is 0 Å². The molecule has 0 aliphatic heterocycles. The largest absolute Gasteiger partial charge is 0.456 e. The van der Waals surface area contributed by atoms with Crippen LogP contribution in [-0.4, -0.2) is 29.6 Å². The highest BCUT2D eigenvalue weighted by atomic mass is 35.5. The van der Waals surface area contributed by atoms with Gasteiger partial charge in [0.05, 0.1) is 10.7 Å². The third-order valence-corrected chi connectivity index (χ3v) is 4.46. The number of nitrogens with one attached hydrogen (secondary N) is 2. The number of urea groups is 1. The average molecular weight is 444 g/mol. The molecule has 1 aromatic carbocycles. The summed E-state index contributed by atoms with van der Waals surface area (Å²) in [7, 11) is 1.58. The summed E-state index contributed by atoms with van der Waals surface area (Å²) >= 11 is 6.30. The average Bonchev–Trinajstić information content (AvgIpc) is 3.18. The standard InChI is InChI=1S/C21H22ClN5O4/c1-21(2,3)17-11-19(31-26-17)25-20(29)24-13-5-6-16(15(22)9-13)30-14-7-8-23-18(10-14)27(4)12-28/h5-12H,1-4H3,(H2,24,25,29). The fourth-order valence-electron chi connectivity index (χ4n) is 2.46. The smallest absolute Gasteiger partial charge is 0.326 e. The number of carbonyl (C=O) groups is 2. The molecular weight excluding hydrogens is 422 g/mol. The first-order chi connectivity index (χ1) is 14.7. The number of pyridine rings is 1. The third kappa shape index (κ3) is 5.73. The van der Waals surface area contributed by atoms with E-state index in [2.05, 4.69) is 20.8 Å². The molecule has 0 fully saturated rings. The Morgan fingerprint density at radius 1 is 1.19 bits per heavy atom. The summed E-state index contributed by atoms with van der Waals surface area (Å²) in [5, 5.41) is 9.49. The van der Waals surface area contributed by atoms with Gasteiger partial charge in [-0.3, -0.25) is 10.1 Å². The van der Waals surface area contributed by atoms with E-state index in [0.717, 1.165) is 5.69 Å². The van der Waals surface area contributed by atoms with Gasteiger partial charge < -0.3 is 19.5 Å². The highest BCUT2D eigenvalue weighted by Gasteiger charge is 2.19. The number of halogens is 1. The van der Waals surface area contributed by atoms with E-state index in [1.165, 1.54) is 11.1 Å². The van der Waals surface area contributed by atoms with Gasteiger partial charge in [0, 0.05) is 36.5 Å². The number of nitrogens with zero attached hydrogens (tertiary/aromatic N) is 3. The highest BCUT2D eigenvalue weighted by molar-refractivity contribution is 6.32. The summed E-state index contributed by atoms with van der Waals surface area (Å²) in [6, 6.07) is 9.23. The summed E-state index contributed by atoms with van der Waals surface area (Å²) in [5.41, 5.74) is 0.995. The van der Waals surface area contributed by atoms with Crippen molar-refractivity contribution in [2.45, 2.75) is 26.2 Å². The van der Waals surface area contributed by atoms with E-state index in [-0.39, 0.29) is 16.3 Å². The van der Waals surface area contributed by atoms with E-state index >= 15 is 0 Å². The van der Waals surface area contributed by atoms with Crippen molar-refractivity contribution >= 4 is 41.4 Å². The second-order valence-electron chi connectivity index (χ2n) is 7.72. The molecule has 0 unspecified atom stereocenters. The predicted octanol–water partition coefficient (Wildman–Crippen LogP) is 5.05. The van der Waals surface area contributed by atoms with Crippen LogP contribution in [0.5, 0.6) is 11.5 Å². The van der Waals surface area contributed by atoms with Gasteiger partial charge in [-0.05, 0) is 24.3 Å². The molecule has 3 amide bonds. The summed E-state index contributed by atoms with van der Waals surface area (Å²) in [4.78, 5) is 28.5. The number of anilines is 3. The minimum absolute atomic E-state index is 0.193. The summed E-state index contributed by atoms with van der Waals surface area (Å²) in [6.45, 7) is 5.98. The number of aromatic nitrogens is 2. The quantitative estimate of drug-likeness (QED) is 0.516. The van der Waals surface area contributed by atoms with Crippen molar-refractivity contribution in [1.29, 1.82) is 0 Å². The molecule has 0 atom stereocenters. The Kier molecular flexibility index (Phi) is 6.45. The zero-order chi connectivity index (χ0) is 22.6. The molecule has 3 rings (SSSR count). The normalized spacial score (nSPS) is 11.0. The molecule has 162 valence electrons. The Bertz CT molecular complexity index is 1090. The van der Waals surface area contributed by atoms with E-state index < -0.39 is 6.03 Å². The van der Waals surface area contributed by atoms with E-state index in [1.807, 2.05) is 20.8 Å². The molecule has 10 heteroatoms. The molecule has 0 saturated carbocycles. The lowest BCUT2D eigenvalue weighted by atomic mass is 9.92. The van der Waals surface area contributed by atoms with Crippen molar-refractivity contribution in [3.05, 3.63) is 53.3 Å². The van der Waals surface area contributed by atoms with Crippen LogP contribution in [-0.2, 0) is 10.2 Å². The second-order valence-corrected chi connectivity index (χ2v) is 8.13. The van der Waals surface area contributed by atoms with Gasteiger partial charge in [-0.25, -0.2) is 9.78 Å². The number of ether oxygens (including phenoxy) is 1. The van der Waals surface area contributed by atoms with Crippen LogP contribution in [0.25, 0.3) is 0 Å². The number of benzene rings is 1. The number of hydrogen-bond acceptors (Lipinski definition) is 6. The lowest BCUT2D eigenvalue weighted by Crippen LogP contribution is -2.19. The number of rotatable bonds is 6. The first kappa shape index (κ1) is 22.1. The summed E-state index contributed by atoms with van der Waals surface area (Å²) in [5.74, 6) is 1.51. The number of hydrogen-bond donors (Lipinski definition) is 2. The topological polar surface area (TPSA) is 110 Å². The molecule has 0 aliphatic carbocycles. The fraction of sp³-hybridized carbons (Fsp3) is 0.238. The molecule has 0 aliphatic rings. The molecule has 0 radical (unpaired) electrons. The first-order valence-electron chi connectivity index (χ1n) is 9.32. The Morgan fingerprint density at radius 2 is 1.97 bits per heavy atom. The summed E-state index contributed by atoms with van der Waals surface area (Å²) < 4.78 is 10.9. The fourth-order valence-corrected chi connectivity index (χ4v) is 2.68. The molecule has 0 bridgehead atoms. The van der Waals surface area contributed by atoms with E-state index in [1.54, 1.807) is 43.4 Å².